The van der Waals surface area contributed by atoms with Crippen LogP contribution >= 0.6 is 0 Å². The zero-order valence-electron chi connectivity index (χ0n) is 16.5. The molecule has 1 fully saturated rings. The highest BCUT2D eigenvalue weighted by Gasteiger charge is 2.39. The van der Waals surface area contributed by atoms with Crippen LogP contribution in [0, 0.1) is 11.2 Å². The fourth-order valence-electron chi connectivity index (χ4n) is 3.56. The van der Waals surface area contributed by atoms with Gasteiger partial charge in [-0.25, -0.2) is 4.39 Å². The van der Waals surface area contributed by atoms with Crippen molar-refractivity contribution in [2.45, 2.75) is 19.3 Å². The van der Waals surface area contributed by atoms with Gasteiger partial charge in [0.25, 0.3) is 0 Å². The number of amides is 2. The lowest BCUT2D eigenvalue weighted by atomic mass is 9.78. The predicted octanol–water partition coefficient (Wildman–Crippen LogP) is 2.96. The molecule has 2 amide bonds. The molecule has 0 aliphatic carbocycles. The first-order valence-electron chi connectivity index (χ1n) is 9.67. The second-order valence-corrected chi connectivity index (χ2v) is 7.32. The van der Waals surface area contributed by atoms with E-state index in [-0.39, 0.29) is 23.9 Å². The molecule has 1 aliphatic rings. The molecule has 1 saturated heterocycles. The number of benzene rings is 2. The topological polar surface area (TPSA) is 79.5 Å². The third kappa shape index (κ3) is 5.40. The number of methoxy groups -OCH3 is 1. The number of halogens is 1. The van der Waals surface area contributed by atoms with Crippen LogP contribution in [0.5, 0.6) is 0 Å². The van der Waals surface area contributed by atoms with Gasteiger partial charge in [-0.2, -0.15) is 0 Å². The summed E-state index contributed by atoms with van der Waals surface area (Å²) in [7, 11) is 1.58. The van der Waals surface area contributed by atoms with Gasteiger partial charge in [-0.05, 0) is 49.7 Å². The smallest absolute Gasteiger partial charge is 0.233 e. The van der Waals surface area contributed by atoms with E-state index < -0.39 is 11.2 Å². The first-order valence-corrected chi connectivity index (χ1v) is 9.67. The number of hydrogen-bond acceptors (Lipinski definition) is 4. The van der Waals surface area contributed by atoms with Crippen LogP contribution in [0.2, 0.25) is 0 Å². The van der Waals surface area contributed by atoms with Crippen LogP contribution in [0.25, 0.3) is 0 Å². The first-order chi connectivity index (χ1) is 14.0. The number of ether oxygens (including phenoxy) is 1. The molecule has 7 heteroatoms. The maximum Gasteiger partial charge on any atom is 0.233 e. The molecule has 29 heavy (non-hydrogen) atoms. The quantitative estimate of drug-likeness (QED) is 0.669. The minimum Gasteiger partial charge on any atom is -0.384 e. The van der Waals surface area contributed by atoms with Gasteiger partial charge in [0, 0.05) is 12.8 Å². The summed E-state index contributed by atoms with van der Waals surface area (Å²) in [6.45, 7) is 1.80. The first kappa shape index (κ1) is 21.0. The van der Waals surface area contributed by atoms with E-state index in [0.717, 1.165) is 18.7 Å². The van der Waals surface area contributed by atoms with Crippen molar-refractivity contribution in [2.24, 2.45) is 5.41 Å². The van der Waals surface area contributed by atoms with Crippen molar-refractivity contribution in [2.75, 3.05) is 37.4 Å². The Bertz CT molecular complexity index is 846. The van der Waals surface area contributed by atoms with Gasteiger partial charge in [-0.1, -0.05) is 30.3 Å². The molecule has 1 aliphatic heterocycles. The Hall–Kier alpha value is -2.77. The van der Waals surface area contributed by atoms with E-state index >= 15 is 0 Å². The summed E-state index contributed by atoms with van der Waals surface area (Å²) in [6, 6.07) is 13.4. The van der Waals surface area contributed by atoms with Crippen LogP contribution in [0.1, 0.15) is 18.4 Å². The van der Waals surface area contributed by atoms with Gasteiger partial charge in [-0.15, -0.1) is 0 Å². The van der Waals surface area contributed by atoms with Crippen molar-refractivity contribution in [3.8, 4) is 0 Å². The summed E-state index contributed by atoms with van der Waals surface area (Å²) in [5.41, 5.74) is 0.683. The minimum atomic E-state index is -0.620. The van der Waals surface area contributed by atoms with E-state index in [1.807, 2.05) is 30.3 Å². The lowest BCUT2D eigenvalue weighted by molar-refractivity contribution is -0.130. The summed E-state index contributed by atoms with van der Waals surface area (Å²) in [4.78, 5) is 25.2. The molecule has 2 aromatic carbocycles. The second-order valence-electron chi connectivity index (χ2n) is 7.32. The van der Waals surface area contributed by atoms with Crippen LogP contribution < -0.4 is 16.0 Å². The summed E-state index contributed by atoms with van der Waals surface area (Å²) >= 11 is 0. The zero-order valence-corrected chi connectivity index (χ0v) is 16.5. The number of hydrogen-bond donors (Lipinski definition) is 3. The fourth-order valence-corrected chi connectivity index (χ4v) is 3.56. The highest BCUT2D eigenvalue weighted by atomic mass is 19.1. The summed E-state index contributed by atoms with van der Waals surface area (Å²) in [6.07, 6.45) is 1.46. The number of carbonyl (C=O) groups excluding carboxylic acids is 2. The third-order valence-corrected chi connectivity index (χ3v) is 5.17. The average molecular weight is 399 g/mol. The number of anilines is 2. The van der Waals surface area contributed by atoms with Crippen molar-refractivity contribution < 1.29 is 18.7 Å². The average Bonchev–Trinajstić information content (AvgIpc) is 2.72. The monoisotopic (exact) mass is 399 g/mol. The highest BCUT2D eigenvalue weighted by Crippen LogP contribution is 2.31. The molecule has 0 saturated carbocycles. The zero-order chi connectivity index (χ0) is 20.7. The minimum absolute atomic E-state index is 0.0369. The molecule has 3 N–H and O–H groups in total. The lowest BCUT2D eigenvalue weighted by Gasteiger charge is -2.35. The van der Waals surface area contributed by atoms with Crippen molar-refractivity contribution in [3.63, 3.8) is 0 Å². The predicted molar refractivity (Wildman–Crippen MR) is 110 cm³/mol. The standard InChI is InChI=1S/C22H26FN3O3/c1-29-15-22(9-11-24-12-10-22)21(28)25-17-7-8-18(23)19(14-17)26-20(27)13-16-5-3-2-4-6-16/h2-8,14,24H,9-13,15H2,1H3,(H,25,28)(H,26,27). The van der Waals surface area contributed by atoms with Gasteiger partial charge >= 0.3 is 0 Å². The van der Waals surface area contributed by atoms with E-state index in [1.165, 1.54) is 18.2 Å². The van der Waals surface area contributed by atoms with E-state index in [1.54, 1.807) is 7.11 Å². The largest absolute Gasteiger partial charge is 0.384 e. The molecule has 1 heterocycles. The Morgan fingerprint density at radius 2 is 1.83 bits per heavy atom. The van der Waals surface area contributed by atoms with E-state index in [2.05, 4.69) is 16.0 Å². The van der Waals surface area contributed by atoms with Crippen molar-refractivity contribution in [1.29, 1.82) is 0 Å². The summed E-state index contributed by atoms with van der Waals surface area (Å²) < 4.78 is 19.5. The van der Waals surface area contributed by atoms with Crippen molar-refractivity contribution >= 4 is 23.2 Å². The van der Waals surface area contributed by atoms with E-state index in [9.17, 15) is 14.0 Å². The van der Waals surface area contributed by atoms with Gasteiger partial charge in [0.2, 0.25) is 11.8 Å². The summed E-state index contributed by atoms with van der Waals surface area (Å²) in [5, 5.41) is 8.69. The Morgan fingerprint density at radius 3 is 2.52 bits per heavy atom. The van der Waals surface area contributed by atoms with Crippen LogP contribution in [-0.4, -0.2) is 38.6 Å². The molecule has 154 valence electrons. The Balaban J connectivity index is 1.69. The normalized spacial score (nSPS) is 15.5. The Kier molecular flexibility index (Phi) is 6.95. The molecular weight excluding hydrogens is 373 g/mol. The fraction of sp³-hybridized carbons (Fsp3) is 0.364. The molecule has 0 radical (unpaired) electrons. The summed E-state index contributed by atoms with van der Waals surface area (Å²) in [5.74, 6) is -1.04. The second kappa shape index (κ2) is 9.62. The van der Waals surface area contributed by atoms with Gasteiger partial charge in [-0.3, -0.25) is 9.59 Å². The van der Waals surface area contributed by atoms with Gasteiger partial charge in [0.15, 0.2) is 0 Å². The molecule has 0 atom stereocenters. The maximum absolute atomic E-state index is 14.2. The van der Waals surface area contributed by atoms with Gasteiger partial charge in [0.1, 0.15) is 5.82 Å². The molecule has 0 unspecified atom stereocenters. The highest BCUT2D eigenvalue weighted by molar-refractivity contribution is 5.97. The molecular formula is C22H26FN3O3. The van der Waals surface area contributed by atoms with Crippen LogP contribution in [-0.2, 0) is 20.7 Å². The van der Waals surface area contributed by atoms with Crippen molar-refractivity contribution in [3.05, 3.63) is 59.9 Å². The number of nitrogens with one attached hydrogen (secondary N) is 3. The molecule has 0 bridgehead atoms. The maximum atomic E-state index is 14.2. The number of piperidine rings is 1. The van der Waals surface area contributed by atoms with Crippen LogP contribution in [0.4, 0.5) is 15.8 Å². The van der Waals surface area contributed by atoms with Gasteiger partial charge in [0.05, 0.1) is 24.1 Å². The molecule has 6 nitrogen and oxygen atoms in total. The Labute approximate surface area is 169 Å². The van der Waals surface area contributed by atoms with E-state index in [4.69, 9.17) is 4.74 Å². The Morgan fingerprint density at radius 1 is 1.10 bits per heavy atom. The number of carbonyl (C=O) groups is 2. The SMILES string of the molecule is COCC1(C(=O)Nc2ccc(F)c(NC(=O)Cc3ccccc3)c2)CCNCC1. The lowest BCUT2D eigenvalue weighted by Crippen LogP contribution is -2.47. The third-order valence-electron chi connectivity index (χ3n) is 5.17. The van der Waals surface area contributed by atoms with E-state index in [0.29, 0.717) is 25.1 Å². The van der Waals surface area contributed by atoms with Crippen LogP contribution in [0.15, 0.2) is 48.5 Å². The molecule has 2 aromatic rings. The van der Waals surface area contributed by atoms with Crippen molar-refractivity contribution in [1.82, 2.24) is 5.32 Å². The van der Waals surface area contributed by atoms with Crippen LogP contribution in [0.3, 0.4) is 0 Å². The molecule has 3 rings (SSSR count). The molecule has 0 aromatic heterocycles. The van der Waals surface area contributed by atoms with Gasteiger partial charge < -0.3 is 20.7 Å². The molecule has 0 spiro atoms. The number of rotatable bonds is 7.